The number of rotatable bonds is 1. The van der Waals surface area contributed by atoms with Crippen molar-refractivity contribution in [2.24, 2.45) is 17.8 Å². The molecule has 2 aliphatic rings. The van der Waals surface area contributed by atoms with E-state index in [1.807, 2.05) is 0 Å². The van der Waals surface area contributed by atoms with Crippen molar-refractivity contribution in [3.63, 3.8) is 0 Å². The molecule has 2 nitrogen and oxygen atoms in total. The largest absolute Gasteiger partial charge is 0.393 e. The SMILES string of the molecule is CC1=C[C@@H]2[C@H](CCC[C@@H]2O)[C@@H](C=O)C1. The Morgan fingerprint density at radius 1 is 1.50 bits per heavy atom. The Morgan fingerprint density at radius 2 is 2.29 bits per heavy atom. The average molecular weight is 194 g/mol. The lowest BCUT2D eigenvalue weighted by Gasteiger charge is -2.40. The molecule has 0 aromatic rings. The highest BCUT2D eigenvalue weighted by Gasteiger charge is 2.38. The van der Waals surface area contributed by atoms with Crippen molar-refractivity contribution in [3.8, 4) is 0 Å². The van der Waals surface area contributed by atoms with E-state index in [4.69, 9.17) is 0 Å². The summed E-state index contributed by atoms with van der Waals surface area (Å²) in [4.78, 5) is 11.0. The molecule has 2 heteroatoms. The number of hydrogen-bond acceptors (Lipinski definition) is 2. The van der Waals surface area contributed by atoms with E-state index in [1.165, 1.54) is 5.57 Å². The molecule has 0 amide bonds. The topological polar surface area (TPSA) is 37.3 Å². The van der Waals surface area contributed by atoms with Crippen LogP contribution in [-0.4, -0.2) is 17.5 Å². The van der Waals surface area contributed by atoms with Crippen LogP contribution in [-0.2, 0) is 4.79 Å². The zero-order valence-electron chi connectivity index (χ0n) is 8.65. The molecule has 4 atom stereocenters. The summed E-state index contributed by atoms with van der Waals surface area (Å²) in [5.74, 6) is 0.799. The minimum absolute atomic E-state index is 0.153. The number of aliphatic hydroxyl groups is 1. The molecular weight excluding hydrogens is 176 g/mol. The van der Waals surface area contributed by atoms with Gasteiger partial charge in [0.2, 0.25) is 0 Å². The third-order valence-electron chi connectivity index (χ3n) is 3.74. The van der Waals surface area contributed by atoms with Crippen LogP contribution in [0.4, 0.5) is 0 Å². The molecule has 0 radical (unpaired) electrons. The summed E-state index contributed by atoms with van der Waals surface area (Å²) < 4.78 is 0. The molecule has 14 heavy (non-hydrogen) atoms. The summed E-state index contributed by atoms with van der Waals surface area (Å²) >= 11 is 0. The Balaban J connectivity index is 2.23. The van der Waals surface area contributed by atoms with Crippen molar-refractivity contribution in [1.29, 1.82) is 0 Å². The number of aldehydes is 1. The third-order valence-corrected chi connectivity index (χ3v) is 3.74. The van der Waals surface area contributed by atoms with Crippen LogP contribution in [0.2, 0.25) is 0 Å². The van der Waals surface area contributed by atoms with Gasteiger partial charge in [0.15, 0.2) is 0 Å². The molecule has 78 valence electrons. The van der Waals surface area contributed by atoms with Gasteiger partial charge in [-0.05, 0) is 32.1 Å². The molecule has 0 heterocycles. The summed E-state index contributed by atoms with van der Waals surface area (Å²) in [6.45, 7) is 2.06. The van der Waals surface area contributed by atoms with Gasteiger partial charge >= 0.3 is 0 Å². The zero-order chi connectivity index (χ0) is 10.1. The van der Waals surface area contributed by atoms with E-state index in [2.05, 4.69) is 13.0 Å². The summed E-state index contributed by atoms with van der Waals surface area (Å²) in [5, 5.41) is 9.87. The molecule has 0 spiro atoms. The molecule has 0 aromatic carbocycles. The van der Waals surface area contributed by atoms with Crippen LogP contribution in [0.15, 0.2) is 11.6 Å². The van der Waals surface area contributed by atoms with E-state index in [0.717, 1.165) is 32.0 Å². The number of carbonyl (C=O) groups is 1. The van der Waals surface area contributed by atoms with Gasteiger partial charge in [-0.3, -0.25) is 0 Å². The van der Waals surface area contributed by atoms with E-state index in [0.29, 0.717) is 5.92 Å². The Labute approximate surface area is 85.0 Å². The van der Waals surface area contributed by atoms with E-state index in [9.17, 15) is 9.90 Å². The fraction of sp³-hybridized carbons (Fsp3) is 0.750. The first-order valence-corrected chi connectivity index (χ1v) is 5.53. The second-order valence-corrected chi connectivity index (χ2v) is 4.76. The van der Waals surface area contributed by atoms with Gasteiger partial charge in [-0.25, -0.2) is 0 Å². The van der Waals surface area contributed by atoms with Crippen LogP contribution in [0.3, 0.4) is 0 Å². The van der Waals surface area contributed by atoms with Crippen LogP contribution in [0, 0.1) is 17.8 Å². The van der Waals surface area contributed by atoms with E-state index >= 15 is 0 Å². The van der Waals surface area contributed by atoms with Gasteiger partial charge in [0.25, 0.3) is 0 Å². The Hall–Kier alpha value is -0.630. The van der Waals surface area contributed by atoms with Crippen LogP contribution >= 0.6 is 0 Å². The molecule has 1 saturated carbocycles. The van der Waals surface area contributed by atoms with Gasteiger partial charge in [0, 0.05) is 11.8 Å². The van der Waals surface area contributed by atoms with Gasteiger partial charge in [-0.2, -0.15) is 0 Å². The number of aliphatic hydroxyl groups excluding tert-OH is 1. The second kappa shape index (κ2) is 3.85. The lowest BCUT2D eigenvalue weighted by atomic mass is 9.66. The quantitative estimate of drug-likeness (QED) is 0.511. The normalized spacial score (nSPS) is 42.6. The first-order valence-electron chi connectivity index (χ1n) is 5.53. The third kappa shape index (κ3) is 1.63. The van der Waals surface area contributed by atoms with Gasteiger partial charge in [-0.1, -0.05) is 18.1 Å². The van der Waals surface area contributed by atoms with Crippen LogP contribution in [0.5, 0.6) is 0 Å². The molecule has 0 aliphatic heterocycles. The van der Waals surface area contributed by atoms with Gasteiger partial charge in [0.05, 0.1) is 6.10 Å². The fourth-order valence-corrected chi connectivity index (χ4v) is 3.04. The molecule has 0 bridgehead atoms. The Kier molecular flexibility index (Phi) is 2.73. The van der Waals surface area contributed by atoms with Crippen molar-refractivity contribution in [2.75, 3.05) is 0 Å². The molecule has 0 saturated heterocycles. The smallest absolute Gasteiger partial charge is 0.123 e. The summed E-state index contributed by atoms with van der Waals surface area (Å²) in [6.07, 6.45) is 7.04. The Bertz CT molecular complexity index is 257. The molecule has 1 N–H and O–H groups in total. The van der Waals surface area contributed by atoms with Crippen LogP contribution in [0.25, 0.3) is 0 Å². The molecule has 1 fully saturated rings. The minimum atomic E-state index is -0.216. The zero-order valence-corrected chi connectivity index (χ0v) is 8.65. The predicted molar refractivity (Wildman–Crippen MR) is 54.8 cm³/mol. The minimum Gasteiger partial charge on any atom is -0.393 e. The van der Waals surface area contributed by atoms with E-state index in [-0.39, 0.29) is 17.9 Å². The number of allylic oxidation sites excluding steroid dienone is 1. The standard InChI is InChI=1S/C12H18O2/c1-8-5-9(7-13)10-3-2-4-12(14)11(10)6-8/h6-7,9-12,14H,2-5H2,1H3/t9-,10-,11-,12+/m1/s1. The van der Waals surface area contributed by atoms with Gasteiger partial charge < -0.3 is 9.90 Å². The van der Waals surface area contributed by atoms with Crippen molar-refractivity contribution < 1.29 is 9.90 Å². The van der Waals surface area contributed by atoms with Crippen molar-refractivity contribution in [1.82, 2.24) is 0 Å². The highest BCUT2D eigenvalue weighted by molar-refractivity contribution is 5.55. The van der Waals surface area contributed by atoms with Crippen LogP contribution in [0.1, 0.15) is 32.6 Å². The number of hydrogen-bond donors (Lipinski definition) is 1. The van der Waals surface area contributed by atoms with E-state index in [1.54, 1.807) is 0 Å². The van der Waals surface area contributed by atoms with Crippen LogP contribution < -0.4 is 0 Å². The first kappa shape index (κ1) is 9.91. The van der Waals surface area contributed by atoms with E-state index < -0.39 is 0 Å². The fourth-order valence-electron chi connectivity index (χ4n) is 3.04. The number of carbonyl (C=O) groups excluding carboxylic acids is 1. The Morgan fingerprint density at radius 3 is 3.00 bits per heavy atom. The summed E-state index contributed by atoms with van der Waals surface area (Å²) in [5.41, 5.74) is 1.27. The summed E-state index contributed by atoms with van der Waals surface area (Å²) in [6, 6.07) is 0. The molecule has 2 rings (SSSR count). The highest BCUT2D eigenvalue weighted by Crippen LogP contribution is 2.41. The maximum absolute atomic E-state index is 11.0. The molecule has 0 aromatic heterocycles. The number of fused-ring (bicyclic) bond motifs is 1. The monoisotopic (exact) mass is 194 g/mol. The van der Waals surface area contributed by atoms with Gasteiger partial charge in [-0.15, -0.1) is 0 Å². The average Bonchev–Trinajstić information content (AvgIpc) is 2.18. The second-order valence-electron chi connectivity index (χ2n) is 4.76. The lowest BCUT2D eigenvalue weighted by molar-refractivity contribution is -0.114. The highest BCUT2D eigenvalue weighted by atomic mass is 16.3. The lowest BCUT2D eigenvalue weighted by Crippen LogP contribution is -2.38. The first-order chi connectivity index (χ1) is 6.72. The molecular formula is C12H18O2. The molecule has 2 aliphatic carbocycles. The van der Waals surface area contributed by atoms with Crippen molar-refractivity contribution >= 4 is 6.29 Å². The maximum atomic E-state index is 11.0. The van der Waals surface area contributed by atoms with Crippen molar-refractivity contribution in [3.05, 3.63) is 11.6 Å². The van der Waals surface area contributed by atoms with Gasteiger partial charge in [0.1, 0.15) is 6.29 Å². The molecule has 0 unspecified atom stereocenters. The van der Waals surface area contributed by atoms with Crippen molar-refractivity contribution in [2.45, 2.75) is 38.7 Å². The maximum Gasteiger partial charge on any atom is 0.123 e. The summed E-state index contributed by atoms with van der Waals surface area (Å²) in [7, 11) is 0. The predicted octanol–water partition coefficient (Wildman–Crippen LogP) is 1.93.